The van der Waals surface area contributed by atoms with E-state index in [1.54, 1.807) is 24.3 Å². The van der Waals surface area contributed by atoms with Crippen LogP contribution in [0.1, 0.15) is 20.7 Å². The lowest BCUT2D eigenvalue weighted by Crippen LogP contribution is -2.81. The molecule has 0 saturated heterocycles. The Hall–Kier alpha value is -5.35. The van der Waals surface area contributed by atoms with Gasteiger partial charge in [0.25, 0.3) is 16.6 Å². The predicted molar refractivity (Wildman–Crippen MR) is 183 cm³/mol. The summed E-state index contributed by atoms with van der Waals surface area (Å²) in [5.74, 6) is -1.99. The van der Waals surface area contributed by atoms with Crippen molar-refractivity contribution in [2.45, 2.75) is 0 Å². The topological polar surface area (TPSA) is 83.8 Å². The summed E-state index contributed by atoms with van der Waals surface area (Å²) in [5.41, 5.74) is 0.392. The zero-order valence-corrected chi connectivity index (χ0v) is 26.3. The Morgan fingerprint density at radius 1 is 0.356 bits per heavy atom. The maximum Gasteiger partial charge on any atom is 0.335 e. The first-order valence-corrected chi connectivity index (χ1v) is 18.4. The summed E-state index contributed by atoms with van der Waals surface area (Å²) in [6.45, 7) is 0. The molecule has 0 saturated carbocycles. The number of hydrogen-bond donors (Lipinski definition) is 2. The molecule has 0 unspecified atom stereocenters. The van der Waals surface area contributed by atoms with E-state index in [2.05, 4.69) is 48.5 Å². The summed E-state index contributed by atoms with van der Waals surface area (Å²) in [5, 5.41) is 25.3. The summed E-state index contributed by atoms with van der Waals surface area (Å²) in [6, 6.07) is 54.8. The Morgan fingerprint density at radius 3 is 0.800 bits per heavy atom. The van der Waals surface area contributed by atoms with Gasteiger partial charge in [0.15, 0.2) is 0 Å². The number of carboxylic acids is 2. The van der Waals surface area contributed by atoms with Crippen molar-refractivity contribution in [2.75, 3.05) is 0 Å². The molecule has 6 aromatic rings. The SMILES string of the molecule is O=C(O)c1ccc([Si](O[Si](c2ccccc2)(c2ccccc2)c2ccc(C(=O)O)cc2)(c2ccccc2)c2ccccc2)cc1. The Bertz CT molecular complexity index is 1680. The van der Waals surface area contributed by atoms with Crippen LogP contribution in [-0.2, 0) is 4.12 Å². The van der Waals surface area contributed by atoms with Gasteiger partial charge in [-0.2, -0.15) is 0 Å². The third kappa shape index (κ3) is 5.56. The van der Waals surface area contributed by atoms with E-state index in [1.807, 2.05) is 97.1 Å². The third-order valence-electron chi connectivity index (χ3n) is 8.10. The van der Waals surface area contributed by atoms with Crippen LogP contribution < -0.4 is 31.1 Å². The summed E-state index contributed by atoms with van der Waals surface area (Å²) in [6.07, 6.45) is 0. The first kappa shape index (κ1) is 29.7. The van der Waals surface area contributed by atoms with Crippen molar-refractivity contribution in [3.63, 3.8) is 0 Å². The lowest BCUT2D eigenvalue weighted by molar-refractivity contribution is 0.0686. The highest BCUT2D eigenvalue weighted by Gasteiger charge is 2.52. The fraction of sp³-hybridized carbons (Fsp3) is 0. The van der Waals surface area contributed by atoms with Gasteiger partial charge in [-0.25, -0.2) is 9.59 Å². The standard InChI is InChI=1S/C38H30O5Si2/c39-37(40)29-21-25-35(26-22-29)44(31-13-5-1-6-14-31,32-15-7-2-8-16-32)43-45(33-17-9-3-10-18-33,34-19-11-4-12-20-34)36-27-23-30(24-28-36)38(41)42/h1-28H,(H,39,40)(H,41,42). The maximum atomic E-state index is 11.9. The fourth-order valence-electron chi connectivity index (χ4n) is 5.97. The fourth-order valence-corrected chi connectivity index (χ4v) is 16.6. The highest BCUT2D eigenvalue weighted by Crippen LogP contribution is 2.20. The van der Waals surface area contributed by atoms with E-state index in [0.717, 1.165) is 31.1 Å². The molecule has 0 aliphatic rings. The molecule has 0 amide bonds. The summed E-state index contributed by atoms with van der Waals surface area (Å²) in [7, 11) is -6.90. The number of hydrogen-bond acceptors (Lipinski definition) is 3. The van der Waals surface area contributed by atoms with E-state index in [-0.39, 0.29) is 11.1 Å². The molecule has 0 fully saturated rings. The normalized spacial score (nSPS) is 11.6. The van der Waals surface area contributed by atoms with Crippen molar-refractivity contribution < 1.29 is 23.9 Å². The monoisotopic (exact) mass is 622 g/mol. The van der Waals surface area contributed by atoms with Gasteiger partial charge in [-0.05, 0) is 55.4 Å². The third-order valence-corrected chi connectivity index (χ3v) is 17.4. The Kier molecular flexibility index (Phi) is 8.40. The summed E-state index contributed by atoms with van der Waals surface area (Å²) < 4.78 is 8.13. The molecule has 6 rings (SSSR count). The molecular weight excluding hydrogens is 593 g/mol. The maximum absolute atomic E-state index is 11.9. The number of benzene rings is 6. The molecule has 0 aliphatic heterocycles. The van der Waals surface area contributed by atoms with Gasteiger partial charge in [0.1, 0.15) is 0 Å². The second kappa shape index (κ2) is 12.7. The summed E-state index contributed by atoms with van der Waals surface area (Å²) in [4.78, 5) is 23.8. The number of carbonyl (C=O) groups is 2. The van der Waals surface area contributed by atoms with Crippen molar-refractivity contribution in [3.8, 4) is 0 Å². The zero-order chi connectivity index (χ0) is 31.3. The number of aromatic carboxylic acids is 2. The minimum absolute atomic E-state index is 0.196. The molecule has 0 aliphatic carbocycles. The van der Waals surface area contributed by atoms with Gasteiger partial charge < -0.3 is 14.3 Å². The average molecular weight is 623 g/mol. The number of carboxylic acid groups (broad SMARTS) is 2. The van der Waals surface area contributed by atoms with E-state index in [4.69, 9.17) is 4.12 Å². The first-order chi connectivity index (χ1) is 21.9. The highest BCUT2D eigenvalue weighted by molar-refractivity contribution is 7.18. The van der Waals surface area contributed by atoms with Crippen LogP contribution >= 0.6 is 0 Å². The molecule has 45 heavy (non-hydrogen) atoms. The van der Waals surface area contributed by atoms with Gasteiger partial charge in [-0.3, -0.25) is 0 Å². The van der Waals surface area contributed by atoms with Crippen LogP contribution in [0.3, 0.4) is 0 Å². The molecule has 0 atom stereocenters. The molecule has 0 aromatic heterocycles. The second-order valence-corrected chi connectivity index (χ2v) is 17.7. The zero-order valence-electron chi connectivity index (χ0n) is 24.3. The van der Waals surface area contributed by atoms with Crippen molar-refractivity contribution in [2.24, 2.45) is 0 Å². The largest absolute Gasteiger partial charge is 0.478 e. The van der Waals surface area contributed by atoms with Crippen LogP contribution in [-0.4, -0.2) is 38.8 Å². The molecule has 6 aromatic carbocycles. The minimum Gasteiger partial charge on any atom is -0.478 e. The van der Waals surface area contributed by atoms with Gasteiger partial charge in [-0.15, -0.1) is 0 Å². The Morgan fingerprint density at radius 2 is 0.578 bits per heavy atom. The van der Waals surface area contributed by atoms with Gasteiger partial charge in [-0.1, -0.05) is 146 Å². The van der Waals surface area contributed by atoms with Crippen LogP contribution in [0.25, 0.3) is 0 Å². The molecule has 0 bridgehead atoms. The molecule has 2 N–H and O–H groups in total. The van der Waals surface area contributed by atoms with Gasteiger partial charge in [0.05, 0.1) is 11.1 Å². The van der Waals surface area contributed by atoms with E-state index >= 15 is 0 Å². The Balaban J connectivity index is 1.75. The first-order valence-electron chi connectivity index (χ1n) is 14.5. The average Bonchev–Trinajstić information content (AvgIpc) is 3.11. The van der Waals surface area contributed by atoms with Crippen LogP contribution in [0.4, 0.5) is 0 Å². The minimum atomic E-state index is -3.45. The van der Waals surface area contributed by atoms with E-state index in [9.17, 15) is 19.8 Å². The number of rotatable bonds is 10. The van der Waals surface area contributed by atoms with Crippen molar-refractivity contribution in [1.29, 1.82) is 0 Å². The highest BCUT2D eigenvalue weighted by atomic mass is 28.4. The molecule has 0 heterocycles. The quantitative estimate of drug-likeness (QED) is 0.180. The Labute approximate surface area is 263 Å². The van der Waals surface area contributed by atoms with Gasteiger partial charge >= 0.3 is 11.9 Å². The second-order valence-electron chi connectivity index (χ2n) is 10.7. The smallest absolute Gasteiger partial charge is 0.335 e. The van der Waals surface area contributed by atoms with Crippen LogP contribution in [0.2, 0.25) is 0 Å². The molecule has 0 radical (unpaired) electrons. The molecule has 5 nitrogen and oxygen atoms in total. The summed E-state index contributed by atoms with van der Waals surface area (Å²) >= 11 is 0. The predicted octanol–water partition coefficient (Wildman–Crippen LogP) is 3.73. The molecule has 220 valence electrons. The van der Waals surface area contributed by atoms with E-state index in [1.165, 1.54) is 0 Å². The van der Waals surface area contributed by atoms with Crippen molar-refractivity contribution in [3.05, 3.63) is 181 Å². The van der Waals surface area contributed by atoms with Crippen LogP contribution in [0, 0.1) is 0 Å². The van der Waals surface area contributed by atoms with E-state index < -0.39 is 28.6 Å². The van der Waals surface area contributed by atoms with E-state index in [0.29, 0.717) is 0 Å². The van der Waals surface area contributed by atoms with Gasteiger partial charge in [0, 0.05) is 0 Å². The van der Waals surface area contributed by atoms with Crippen molar-refractivity contribution in [1.82, 2.24) is 0 Å². The van der Waals surface area contributed by atoms with Crippen LogP contribution in [0.5, 0.6) is 0 Å². The van der Waals surface area contributed by atoms with Crippen LogP contribution in [0.15, 0.2) is 170 Å². The van der Waals surface area contributed by atoms with Gasteiger partial charge in [0.2, 0.25) is 0 Å². The molecular formula is C38H30O5Si2. The lowest BCUT2D eigenvalue weighted by atomic mass is 10.2. The lowest BCUT2D eigenvalue weighted by Gasteiger charge is -2.44. The molecule has 0 spiro atoms. The van der Waals surface area contributed by atoms with Crippen molar-refractivity contribution >= 4 is 59.7 Å². The molecule has 7 heteroatoms.